The van der Waals surface area contributed by atoms with E-state index in [0.717, 1.165) is 3.57 Å². The SMILES string of the molecule is N#CCc1cc(I)ccc1OC(F)(F)F. The lowest BCUT2D eigenvalue weighted by Crippen LogP contribution is -2.18. The molecule has 15 heavy (non-hydrogen) atoms. The van der Waals surface area contributed by atoms with Gasteiger partial charge in [0.1, 0.15) is 5.75 Å². The highest BCUT2D eigenvalue weighted by atomic mass is 127. The molecule has 80 valence electrons. The Hall–Kier alpha value is -0.970. The van der Waals surface area contributed by atoms with E-state index < -0.39 is 6.36 Å². The predicted octanol–water partition coefficient (Wildman–Crippen LogP) is 3.26. The largest absolute Gasteiger partial charge is 0.573 e. The highest BCUT2D eigenvalue weighted by Gasteiger charge is 2.32. The molecule has 0 bridgehead atoms. The van der Waals surface area contributed by atoms with E-state index in [1.54, 1.807) is 6.07 Å². The fourth-order valence-corrected chi connectivity index (χ4v) is 1.55. The molecule has 0 aliphatic heterocycles. The summed E-state index contributed by atoms with van der Waals surface area (Å²) in [6.07, 6.45) is -4.83. The first kappa shape index (κ1) is 12.1. The van der Waals surface area contributed by atoms with Crippen LogP contribution in [0.3, 0.4) is 0 Å². The highest BCUT2D eigenvalue weighted by molar-refractivity contribution is 14.1. The first-order valence-corrected chi connectivity index (χ1v) is 4.91. The van der Waals surface area contributed by atoms with Crippen LogP contribution in [0.15, 0.2) is 18.2 Å². The van der Waals surface area contributed by atoms with E-state index in [1.807, 2.05) is 22.6 Å². The summed E-state index contributed by atoms with van der Waals surface area (Å²) in [7, 11) is 0. The summed E-state index contributed by atoms with van der Waals surface area (Å²) in [6.45, 7) is 0. The Labute approximate surface area is 97.8 Å². The Morgan fingerprint density at radius 3 is 2.60 bits per heavy atom. The zero-order chi connectivity index (χ0) is 11.5. The third-order valence-electron chi connectivity index (χ3n) is 1.52. The molecule has 0 spiro atoms. The maximum atomic E-state index is 12.0. The molecular formula is C9H5F3INO. The average molecular weight is 327 g/mol. The summed E-state index contributed by atoms with van der Waals surface area (Å²) >= 11 is 1.95. The molecule has 0 aromatic heterocycles. The van der Waals surface area contributed by atoms with Crippen molar-refractivity contribution in [3.05, 3.63) is 27.3 Å². The Balaban J connectivity index is 3.02. The molecule has 0 heterocycles. The number of nitriles is 1. The lowest BCUT2D eigenvalue weighted by molar-refractivity contribution is -0.274. The van der Waals surface area contributed by atoms with Crippen LogP contribution in [0.5, 0.6) is 5.75 Å². The predicted molar refractivity (Wildman–Crippen MR) is 55.2 cm³/mol. The van der Waals surface area contributed by atoms with Gasteiger partial charge in [0.25, 0.3) is 0 Å². The highest BCUT2D eigenvalue weighted by Crippen LogP contribution is 2.27. The first-order valence-electron chi connectivity index (χ1n) is 3.83. The molecule has 0 saturated carbocycles. The normalized spacial score (nSPS) is 10.9. The number of alkyl halides is 3. The van der Waals surface area contributed by atoms with Crippen LogP contribution >= 0.6 is 22.6 Å². The van der Waals surface area contributed by atoms with Gasteiger partial charge in [-0.3, -0.25) is 0 Å². The Morgan fingerprint density at radius 1 is 1.40 bits per heavy atom. The molecule has 0 fully saturated rings. The van der Waals surface area contributed by atoms with Gasteiger partial charge in [0.2, 0.25) is 0 Å². The Bertz CT molecular complexity index is 397. The van der Waals surface area contributed by atoms with Gasteiger partial charge in [0, 0.05) is 9.13 Å². The van der Waals surface area contributed by atoms with E-state index in [4.69, 9.17) is 5.26 Å². The second-order valence-electron chi connectivity index (χ2n) is 2.63. The second-order valence-corrected chi connectivity index (χ2v) is 3.88. The van der Waals surface area contributed by atoms with E-state index in [1.165, 1.54) is 18.2 Å². The number of rotatable bonds is 2. The van der Waals surface area contributed by atoms with Crippen molar-refractivity contribution in [2.45, 2.75) is 12.8 Å². The fourth-order valence-electron chi connectivity index (χ4n) is 0.996. The molecule has 1 aromatic rings. The van der Waals surface area contributed by atoms with Crippen LogP contribution in [-0.4, -0.2) is 6.36 Å². The zero-order valence-electron chi connectivity index (χ0n) is 7.31. The molecule has 6 heteroatoms. The molecule has 1 aromatic carbocycles. The van der Waals surface area contributed by atoms with Crippen LogP contribution in [0.4, 0.5) is 13.2 Å². The van der Waals surface area contributed by atoms with Gasteiger partial charge in [0.15, 0.2) is 0 Å². The van der Waals surface area contributed by atoms with Crippen LogP contribution in [0.25, 0.3) is 0 Å². The standard InChI is InChI=1S/C9H5F3INO/c10-9(11,12)15-8-2-1-7(13)5-6(8)3-4-14/h1-2,5H,3H2. The van der Waals surface area contributed by atoms with Gasteiger partial charge < -0.3 is 4.74 Å². The van der Waals surface area contributed by atoms with Gasteiger partial charge in [-0.15, -0.1) is 13.2 Å². The Morgan fingerprint density at radius 2 is 2.07 bits per heavy atom. The van der Waals surface area contributed by atoms with Gasteiger partial charge in [0.05, 0.1) is 12.5 Å². The van der Waals surface area contributed by atoms with Crippen LogP contribution in [0.1, 0.15) is 5.56 Å². The van der Waals surface area contributed by atoms with E-state index in [9.17, 15) is 13.2 Å². The lowest BCUT2D eigenvalue weighted by atomic mass is 10.1. The number of nitrogens with zero attached hydrogens (tertiary/aromatic N) is 1. The van der Waals surface area contributed by atoms with Gasteiger partial charge in [-0.2, -0.15) is 5.26 Å². The number of halogens is 4. The van der Waals surface area contributed by atoms with Gasteiger partial charge in [-0.25, -0.2) is 0 Å². The summed E-state index contributed by atoms with van der Waals surface area (Å²) in [5, 5.41) is 8.44. The molecule has 0 amide bonds. The molecular weight excluding hydrogens is 322 g/mol. The quantitative estimate of drug-likeness (QED) is 0.781. The van der Waals surface area contributed by atoms with Gasteiger partial charge in [-0.05, 0) is 40.8 Å². The van der Waals surface area contributed by atoms with Crippen LogP contribution < -0.4 is 4.74 Å². The zero-order valence-corrected chi connectivity index (χ0v) is 9.46. The van der Waals surface area contributed by atoms with Crippen molar-refractivity contribution in [3.63, 3.8) is 0 Å². The maximum Gasteiger partial charge on any atom is 0.573 e. The topological polar surface area (TPSA) is 33.0 Å². The van der Waals surface area contributed by atoms with Crippen molar-refractivity contribution in [3.8, 4) is 11.8 Å². The van der Waals surface area contributed by atoms with Crippen molar-refractivity contribution >= 4 is 22.6 Å². The molecule has 0 N–H and O–H groups in total. The summed E-state index contributed by atoms with van der Waals surface area (Å²) < 4.78 is 40.4. The molecule has 1 rings (SSSR count). The van der Waals surface area contributed by atoms with E-state index in [0.29, 0.717) is 0 Å². The minimum atomic E-state index is -4.73. The summed E-state index contributed by atoms with van der Waals surface area (Å²) in [5.41, 5.74) is 0.238. The van der Waals surface area contributed by atoms with Crippen molar-refractivity contribution in [1.29, 1.82) is 5.26 Å². The van der Waals surface area contributed by atoms with Crippen molar-refractivity contribution in [1.82, 2.24) is 0 Å². The van der Waals surface area contributed by atoms with E-state index in [2.05, 4.69) is 4.74 Å². The minimum absolute atomic E-state index is 0.109. The van der Waals surface area contributed by atoms with Crippen LogP contribution in [0.2, 0.25) is 0 Å². The third kappa shape index (κ3) is 3.95. The van der Waals surface area contributed by atoms with Crippen molar-refractivity contribution < 1.29 is 17.9 Å². The lowest BCUT2D eigenvalue weighted by Gasteiger charge is -2.11. The van der Waals surface area contributed by atoms with Crippen LogP contribution in [-0.2, 0) is 6.42 Å². The number of hydrogen-bond donors (Lipinski definition) is 0. The minimum Gasteiger partial charge on any atom is -0.405 e. The number of hydrogen-bond acceptors (Lipinski definition) is 2. The summed E-state index contributed by atoms with van der Waals surface area (Å²) in [5.74, 6) is -0.315. The third-order valence-corrected chi connectivity index (χ3v) is 2.19. The molecule has 0 unspecified atom stereocenters. The van der Waals surface area contributed by atoms with E-state index in [-0.39, 0.29) is 17.7 Å². The monoisotopic (exact) mass is 327 g/mol. The van der Waals surface area contributed by atoms with Crippen molar-refractivity contribution in [2.24, 2.45) is 0 Å². The molecule has 2 nitrogen and oxygen atoms in total. The van der Waals surface area contributed by atoms with Crippen LogP contribution in [0, 0.1) is 14.9 Å². The second kappa shape index (κ2) is 4.70. The maximum absolute atomic E-state index is 12.0. The number of ether oxygens (including phenoxy) is 1. The first-order chi connectivity index (χ1) is 6.92. The fraction of sp³-hybridized carbons (Fsp3) is 0.222. The molecule has 0 radical (unpaired) electrons. The van der Waals surface area contributed by atoms with E-state index >= 15 is 0 Å². The average Bonchev–Trinajstić information content (AvgIpc) is 2.08. The molecule has 0 aliphatic rings. The summed E-state index contributed by atoms with van der Waals surface area (Å²) in [4.78, 5) is 0. The van der Waals surface area contributed by atoms with Gasteiger partial charge >= 0.3 is 6.36 Å². The number of benzene rings is 1. The summed E-state index contributed by atoms with van der Waals surface area (Å²) in [6, 6.07) is 5.98. The Kier molecular flexibility index (Phi) is 3.79. The van der Waals surface area contributed by atoms with Crippen molar-refractivity contribution in [2.75, 3.05) is 0 Å². The van der Waals surface area contributed by atoms with Gasteiger partial charge in [-0.1, -0.05) is 0 Å². The smallest absolute Gasteiger partial charge is 0.405 e. The molecule has 0 saturated heterocycles. The molecule has 0 aliphatic carbocycles. The molecule has 0 atom stereocenters.